The molecule has 1 aliphatic rings. The molecule has 0 amide bonds. The molecule has 1 atom stereocenters. The van der Waals surface area contributed by atoms with Gasteiger partial charge in [-0.15, -0.1) is 11.3 Å². The van der Waals surface area contributed by atoms with Crippen molar-refractivity contribution in [1.82, 2.24) is 9.55 Å². The Morgan fingerprint density at radius 2 is 2.15 bits per heavy atom. The maximum absolute atomic E-state index is 13.2. The van der Waals surface area contributed by atoms with Crippen LogP contribution in [0.2, 0.25) is 0 Å². The quantitative estimate of drug-likeness (QED) is 0.663. The van der Waals surface area contributed by atoms with Gasteiger partial charge in [0.15, 0.2) is 0 Å². The largest absolute Gasteiger partial charge is 0.497 e. The molecule has 1 fully saturated rings. The highest BCUT2D eigenvalue weighted by Gasteiger charge is 2.23. The van der Waals surface area contributed by atoms with E-state index in [1.807, 2.05) is 29.6 Å². The Balaban J connectivity index is 1.81. The number of nitrogens with zero attached hydrogens (tertiary/aromatic N) is 3. The summed E-state index contributed by atoms with van der Waals surface area (Å²) in [5, 5.41) is 1.92. The molecule has 6 nitrogen and oxygen atoms in total. The van der Waals surface area contributed by atoms with Crippen LogP contribution in [0, 0.1) is 0 Å². The van der Waals surface area contributed by atoms with E-state index < -0.39 is 0 Å². The molecule has 0 radical (unpaired) electrons. The van der Waals surface area contributed by atoms with E-state index in [2.05, 4.69) is 20.8 Å². The number of halogens is 1. The van der Waals surface area contributed by atoms with Crippen LogP contribution in [0.3, 0.4) is 0 Å². The molecular weight excluding hydrogens is 428 g/mol. The number of ether oxygens (including phenoxy) is 1. The Morgan fingerprint density at radius 1 is 1.37 bits per heavy atom. The topological polar surface area (TPSA) is 73.4 Å². The van der Waals surface area contributed by atoms with Gasteiger partial charge in [-0.1, -0.05) is 12.1 Å². The lowest BCUT2D eigenvalue weighted by Crippen LogP contribution is -2.45. The van der Waals surface area contributed by atoms with Gasteiger partial charge in [-0.2, -0.15) is 0 Å². The zero-order chi connectivity index (χ0) is 19.0. The van der Waals surface area contributed by atoms with E-state index in [9.17, 15) is 4.79 Å². The van der Waals surface area contributed by atoms with Crippen molar-refractivity contribution in [1.29, 1.82) is 0 Å². The van der Waals surface area contributed by atoms with Crippen LogP contribution in [0.4, 0.5) is 5.95 Å². The second-order valence-electron chi connectivity index (χ2n) is 6.76. The molecule has 0 spiro atoms. The number of rotatable bonds is 4. The number of aromatic nitrogens is 2. The molecule has 1 aliphatic heterocycles. The fourth-order valence-corrected chi connectivity index (χ4v) is 4.96. The summed E-state index contributed by atoms with van der Waals surface area (Å²) in [6, 6.07) is 7.87. The lowest BCUT2D eigenvalue weighted by Gasteiger charge is -2.33. The van der Waals surface area contributed by atoms with Crippen molar-refractivity contribution in [3.05, 3.63) is 50.0 Å². The number of hydrogen-bond donors (Lipinski definition) is 1. The average molecular weight is 449 g/mol. The third kappa shape index (κ3) is 3.61. The summed E-state index contributed by atoms with van der Waals surface area (Å²) in [5.74, 6) is 1.49. The summed E-state index contributed by atoms with van der Waals surface area (Å²) < 4.78 is 8.52. The predicted octanol–water partition coefficient (Wildman–Crippen LogP) is 3.20. The minimum atomic E-state index is -0.0133. The molecule has 1 aromatic carbocycles. The number of anilines is 1. The number of piperidine rings is 1. The van der Waals surface area contributed by atoms with Gasteiger partial charge in [0.05, 0.1) is 18.1 Å². The smallest absolute Gasteiger partial charge is 0.273 e. The van der Waals surface area contributed by atoms with Crippen molar-refractivity contribution in [2.75, 3.05) is 25.1 Å². The van der Waals surface area contributed by atoms with Gasteiger partial charge >= 0.3 is 0 Å². The number of methoxy groups -OCH3 is 1. The number of nitrogens with two attached hydrogens (primary N) is 1. The van der Waals surface area contributed by atoms with Gasteiger partial charge in [-0.3, -0.25) is 9.36 Å². The van der Waals surface area contributed by atoms with Crippen molar-refractivity contribution in [2.24, 2.45) is 5.73 Å². The molecule has 0 aliphatic carbocycles. The molecule has 2 N–H and O–H groups in total. The molecule has 3 aromatic rings. The Morgan fingerprint density at radius 3 is 2.85 bits per heavy atom. The maximum Gasteiger partial charge on any atom is 0.273 e. The summed E-state index contributed by atoms with van der Waals surface area (Å²) in [6.07, 6.45) is 2.01. The summed E-state index contributed by atoms with van der Waals surface area (Å²) in [7, 11) is 1.64. The van der Waals surface area contributed by atoms with Gasteiger partial charge < -0.3 is 15.4 Å². The first-order chi connectivity index (χ1) is 13.1. The molecule has 4 rings (SSSR count). The van der Waals surface area contributed by atoms with E-state index in [1.54, 1.807) is 11.7 Å². The third-order valence-corrected chi connectivity index (χ3v) is 6.72. The van der Waals surface area contributed by atoms with Gasteiger partial charge in [0.25, 0.3) is 5.56 Å². The van der Waals surface area contributed by atoms with Crippen molar-refractivity contribution < 1.29 is 4.74 Å². The van der Waals surface area contributed by atoms with Crippen molar-refractivity contribution in [3.63, 3.8) is 0 Å². The van der Waals surface area contributed by atoms with E-state index in [0.717, 1.165) is 40.7 Å². The standard InChI is InChI=1S/C19H21BrN4O2S/c1-26-14-6-4-12(5-7-14)9-24-18(25)17-16(15(20)11-27-17)22-19(24)23-8-2-3-13(21)10-23/h4-7,11,13H,2-3,8-10,21H2,1H3/t13-/m1/s1. The zero-order valence-electron chi connectivity index (χ0n) is 15.0. The molecule has 0 bridgehead atoms. The van der Waals surface area contributed by atoms with E-state index >= 15 is 0 Å². The van der Waals surface area contributed by atoms with Gasteiger partial charge in [0.1, 0.15) is 16.0 Å². The van der Waals surface area contributed by atoms with E-state index in [0.29, 0.717) is 23.7 Å². The highest BCUT2D eigenvalue weighted by atomic mass is 79.9. The number of hydrogen-bond acceptors (Lipinski definition) is 6. The lowest BCUT2D eigenvalue weighted by molar-refractivity contribution is 0.414. The van der Waals surface area contributed by atoms with Gasteiger partial charge in [0.2, 0.25) is 5.95 Å². The predicted molar refractivity (Wildman–Crippen MR) is 113 cm³/mol. The SMILES string of the molecule is COc1ccc(Cn2c(N3CCC[C@@H](N)C3)nc3c(Br)csc3c2=O)cc1. The lowest BCUT2D eigenvalue weighted by atomic mass is 10.1. The average Bonchev–Trinajstić information content (AvgIpc) is 3.05. The molecule has 142 valence electrons. The summed E-state index contributed by atoms with van der Waals surface area (Å²) in [6.45, 7) is 2.03. The van der Waals surface area contributed by atoms with Crippen LogP contribution in [0.15, 0.2) is 38.9 Å². The molecule has 0 unspecified atom stereocenters. The summed E-state index contributed by atoms with van der Waals surface area (Å²) in [4.78, 5) is 20.2. The Kier molecular flexibility index (Phi) is 5.21. The number of benzene rings is 1. The Bertz CT molecular complexity index is 1010. The molecular formula is C19H21BrN4O2S. The third-order valence-electron chi connectivity index (χ3n) is 4.85. The zero-order valence-corrected chi connectivity index (χ0v) is 17.4. The van der Waals surface area contributed by atoms with Crippen molar-refractivity contribution >= 4 is 43.4 Å². The minimum Gasteiger partial charge on any atom is -0.497 e. The Labute approximate surface area is 169 Å². The van der Waals surface area contributed by atoms with E-state index in [4.69, 9.17) is 15.5 Å². The molecule has 3 heterocycles. The molecule has 0 saturated carbocycles. The molecule has 27 heavy (non-hydrogen) atoms. The number of fused-ring (bicyclic) bond motifs is 1. The molecule has 1 saturated heterocycles. The van der Waals surface area contributed by atoms with Gasteiger partial charge in [-0.05, 0) is 46.5 Å². The van der Waals surface area contributed by atoms with Crippen LogP contribution in [0.1, 0.15) is 18.4 Å². The van der Waals surface area contributed by atoms with Crippen LogP contribution < -0.4 is 20.9 Å². The highest BCUT2D eigenvalue weighted by Crippen LogP contribution is 2.29. The Hall–Kier alpha value is -1.90. The maximum atomic E-state index is 13.2. The highest BCUT2D eigenvalue weighted by molar-refractivity contribution is 9.10. The number of thiophene rings is 1. The normalized spacial score (nSPS) is 17.4. The minimum absolute atomic E-state index is 0.0133. The summed E-state index contributed by atoms with van der Waals surface area (Å²) in [5.41, 5.74) is 7.92. The summed E-state index contributed by atoms with van der Waals surface area (Å²) >= 11 is 4.94. The van der Waals surface area contributed by atoms with Crippen molar-refractivity contribution in [3.8, 4) is 5.75 Å². The first-order valence-corrected chi connectivity index (χ1v) is 10.5. The molecule has 8 heteroatoms. The van der Waals surface area contributed by atoms with Gasteiger partial charge in [-0.25, -0.2) is 4.98 Å². The van der Waals surface area contributed by atoms with E-state index in [1.165, 1.54) is 11.3 Å². The van der Waals surface area contributed by atoms with Crippen LogP contribution in [0.25, 0.3) is 10.2 Å². The van der Waals surface area contributed by atoms with Crippen LogP contribution in [-0.4, -0.2) is 35.8 Å². The van der Waals surface area contributed by atoms with Crippen LogP contribution >= 0.6 is 27.3 Å². The van der Waals surface area contributed by atoms with Crippen LogP contribution in [-0.2, 0) is 6.54 Å². The van der Waals surface area contributed by atoms with E-state index in [-0.39, 0.29) is 11.6 Å². The second kappa shape index (κ2) is 7.61. The van der Waals surface area contributed by atoms with Gasteiger partial charge in [0, 0.05) is 24.5 Å². The first kappa shape index (κ1) is 18.5. The fraction of sp³-hybridized carbons (Fsp3) is 0.368. The van der Waals surface area contributed by atoms with Crippen molar-refractivity contribution in [2.45, 2.75) is 25.4 Å². The monoisotopic (exact) mass is 448 g/mol. The first-order valence-electron chi connectivity index (χ1n) is 8.88. The molecule has 2 aromatic heterocycles. The second-order valence-corrected chi connectivity index (χ2v) is 8.49. The van der Waals surface area contributed by atoms with Crippen LogP contribution in [0.5, 0.6) is 5.75 Å². The fourth-order valence-electron chi connectivity index (χ4n) is 3.45.